The Balaban J connectivity index is 1.58. The molecule has 1 saturated heterocycles. The van der Waals surface area contributed by atoms with E-state index >= 15 is 0 Å². The van der Waals surface area contributed by atoms with Gasteiger partial charge in [-0.25, -0.2) is 0 Å². The highest BCUT2D eigenvalue weighted by Crippen LogP contribution is 2.30. The minimum absolute atomic E-state index is 0.00121. The summed E-state index contributed by atoms with van der Waals surface area (Å²) in [5.74, 6) is 1.06. The van der Waals surface area contributed by atoms with Crippen LogP contribution in [0.25, 0.3) is 11.7 Å². The maximum atomic E-state index is 9.41. The molecule has 2 aromatic heterocycles. The number of oxazole rings is 1. The molecule has 0 radical (unpaired) electrons. The van der Waals surface area contributed by atoms with E-state index in [1.807, 2.05) is 24.3 Å². The van der Waals surface area contributed by atoms with Crippen molar-refractivity contribution in [2.24, 2.45) is 0 Å². The van der Waals surface area contributed by atoms with Crippen molar-refractivity contribution in [3.8, 4) is 17.7 Å². The van der Waals surface area contributed by atoms with Gasteiger partial charge in [0.05, 0.1) is 25.5 Å². The van der Waals surface area contributed by atoms with Crippen molar-refractivity contribution >= 4 is 17.5 Å². The third-order valence-electron chi connectivity index (χ3n) is 4.67. The van der Waals surface area contributed by atoms with Crippen molar-refractivity contribution in [3.05, 3.63) is 58.9 Å². The third-order valence-corrected chi connectivity index (χ3v) is 5.02. The molecule has 1 aliphatic heterocycles. The Morgan fingerprint density at radius 3 is 2.75 bits per heavy atom. The second-order valence-corrected chi connectivity index (χ2v) is 6.76. The summed E-state index contributed by atoms with van der Waals surface area (Å²) < 4.78 is 16.5. The minimum Gasteiger partial charge on any atom is -0.459 e. The highest BCUT2D eigenvalue weighted by atomic mass is 35.5. The van der Waals surface area contributed by atoms with Crippen molar-refractivity contribution in [2.75, 3.05) is 38.2 Å². The molecule has 0 bridgehead atoms. The van der Waals surface area contributed by atoms with Crippen LogP contribution in [0.1, 0.15) is 17.3 Å². The molecule has 0 saturated carbocycles. The van der Waals surface area contributed by atoms with Gasteiger partial charge in [-0.1, -0.05) is 29.8 Å². The van der Waals surface area contributed by atoms with Crippen LogP contribution in [0.3, 0.4) is 0 Å². The third kappa shape index (κ3) is 3.90. The Morgan fingerprint density at radius 1 is 1.21 bits per heavy atom. The highest BCUT2D eigenvalue weighted by molar-refractivity contribution is 6.31. The summed E-state index contributed by atoms with van der Waals surface area (Å²) >= 11 is 6.46. The number of halogens is 1. The van der Waals surface area contributed by atoms with Crippen LogP contribution in [0, 0.1) is 11.3 Å². The number of anilines is 1. The van der Waals surface area contributed by atoms with Crippen LogP contribution >= 0.6 is 11.6 Å². The Hall–Kier alpha value is -2.79. The maximum absolute atomic E-state index is 9.41. The fraction of sp³-hybridized carbons (Fsp3) is 0.300. The van der Waals surface area contributed by atoms with Gasteiger partial charge in [-0.2, -0.15) is 10.2 Å². The number of aromatic nitrogens is 1. The van der Waals surface area contributed by atoms with E-state index in [0.717, 1.165) is 18.7 Å². The smallest absolute Gasteiger partial charge is 0.266 e. The van der Waals surface area contributed by atoms with Crippen molar-refractivity contribution in [1.29, 1.82) is 5.26 Å². The first kappa shape index (κ1) is 18.6. The monoisotopic (exact) mass is 398 g/mol. The first-order valence-corrected chi connectivity index (χ1v) is 9.39. The van der Waals surface area contributed by atoms with Gasteiger partial charge in [0, 0.05) is 24.7 Å². The van der Waals surface area contributed by atoms with Gasteiger partial charge in [0.2, 0.25) is 11.6 Å². The first-order valence-electron chi connectivity index (χ1n) is 9.01. The van der Waals surface area contributed by atoms with Gasteiger partial charge in [-0.05, 0) is 23.8 Å². The largest absolute Gasteiger partial charge is 0.459 e. The van der Waals surface area contributed by atoms with Crippen LogP contribution in [0.5, 0.6) is 0 Å². The van der Waals surface area contributed by atoms with E-state index in [1.165, 1.54) is 6.26 Å². The van der Waals surface area contributed by atoms with Crippen LogP contribution in [-0.4, -0.2) is 42.7 Å². The summed E-state index contributed by atoms with van der Waals surface area (Å²) in [5.41, 5.74) is 1.20. The Morgan fingerprint density at radius 2 is 2.04 bits per heavy atom. The maximum Gasteiger partial charge on any atom is 0.266 e. The molecule has 1 aromatic carbocycles. The van der Waals surface area contributed by atoms with Crippen LogP contribution in [0.15, 0.2) is 51.5 Å². The van der Waals surface area contributed by atoms with E-state index in [-0.39, 0.29) is 17.6 Å². The molecule has 8 heteroatoms. The molecule has 0 spiro atoms. The lowest BCUT2D eigenvalue weighted by Crippen LogP contribution is -2.41. The van der Waals surface area contributed by atoms with Gasteiger partial charge >= 0.3 is 0 Å². The normalized spacial score (nSPS) is 15.9. The number of benzene rings is 1. The van der Waals surface area contributed by atoms with E-state index in [2.05, 4.69) is 21.3 Å². The van der Waals surface area contributed by atoms with E-state index in [0.29, 0.717) is 36.4 Å². The number of nitriles is 1. The lowest BCUT2D eigenvalue weighted by molar-refractivity contribution is 0.0186. The summed E-state index contributed by atoms with van der Waals surface area (Å²) in [4.78, 5) is 6.52. The molecular weight excluding hydrogens is 380 g/mol. The predicted octanol–water partition coefficient (Wildman–Crippen LogP) is 3.95. The van der Waals surface area contributed by atoms with Gasteiger partial charge in [-0.15, -0.1) is 0 Å². The molecule has 4 rings (SSSR count). The van der Waals surface area contributed by atoms with E-state index < -0.39 is 0 Å². The van der Waals surface area contributed by atoms with Gasteiger partial charge in [0.15, 0.2) is 5.76 Å². The number of hydrogen-bond donors (Lipinski definition) is 1. The summed E-state index contributed by atoms with van der Waals surface area (Å²) in [6.45, 7) is 3.46. The van der Waals surface area contributed by atoms with Crippen molar-refractivity contribution in [2.45, 2.75) is 6.04 Å². The molecule has 1 aliphatic rings. The quantitative estimate of drug-likeness (QED) is 0.672. The van der Waals surface area contributed by atoms with E-state index in [1.54, 1.807) is 12.1 Å². The summed E-state index contributed by atoms with van der Waals surface area (Å²) in [6.07, 6.45) is 1.53. The minimum atomic E-state index is 0.00121. The number of furan rings is 1. The van der Waals surface area contributed by atoms with Crippen molar-refractivity contribution < 1.29 is 13.6 Å². The van der Waals surface area contributed by atoms with Gasteiger partial charge < -0.3 is 18.9 Å². The number of hydrogen-bond acceptors (Lipinski definition) is 7. The zero-order valence-corrected chi connectivity index (χ0v) is 15.9. The summed E-state index contributed by atoms with van der Waals surface area (Å²) in [7, 11) is 0. The lowest BCUT2D eigenvalue weighted by atomic mass is 10.0. The number of morpholine rings is 1. The molecule has 3 aromatic rings. The number of nitrogens with zero attached hydrogens (tertiary/aromatic N) is 3. The fourth-order valence-corrected chi connectivity index (χ4v) is 3.54. The standard InChI is InChI=1S/C20H19ClN4O3/c21-15-5-2-1-4-14(15)17(25-7-10-26-11-8-25)13-23-19-16(12-22)24-20(28-19)18-6-3-9-27-18/h1-6,9,17,23H,7-8,10-11,13H2/t17-/m1/s1. The van der Waals surface area contributed by atoms with E-state index in [9.17, 15) is 5.26 Å². The SMILES string of the molecule is N#Cc1nc(-c2ccco2)oc1NC[C@H](c1ccccc1Cl)N1CCOCC1. The fourth-order valence-electron chi connectivity index (χ4n) is 3.28. The van der Waals surface area contributed by atoms with Gasteiger partial charge in [0.25, 0.3) is 5.89 Å². The topological polar surface area (TPSA) is 87.5 Å². The Labute approximate surface area is 167 Å². The number of rotatable bonds is 6. The zero-order valence-electron chi connectivity index (χ0n) is 15.1. The second kappa shape index (κ2) is 8.48. The highest BCUT2D eigenvalue weighted by Gasteiger charge is 2.25. The average Bonchev–Trinajstić information content (AvgIpc) is 3.40. The average molecular weight is 399 g/mol. The van der Waals surface area contributed by atoms with Gasteiger partial charge in [0.1, 0.15) is 6.07 Å². The molecule has 1 fully saturated rings. The Bertz CT molecular complexity index is 958. The summed E-state index contributed by atoms with van der Waals surface area (Å²) in [6, 6.07) is 13.3. The van der Waals surface area contributed by atoms with Crippen LogP contribution in [0.4, 0.5) is 5.88 Å². The molecular formula is C20H19ClN4O3. The van der Waals surface area contributed by atoms with E-state index in [4.69, 9.17) is 25.2 Å². The summed E-state index contributed by atoms with van der Waals surface area (Å²) in [5, 5.41) is 13.4. The molecule has 28 heavy (non-hydrogen) atoms. The van der Waals surface area contributed by atoms with Crippen LogP contribution < -0.4 is 5.32 Å². The molecule has 0 unspecified atom stereocenters. The van der Waals surface area contributed by atoms with Crippen LogP contribution in [-0.2, 0) is 4.74 Å². The molecule has 7 nitrogen and oxygen atoms in total. The molecule has 3 heterocycles. The van der Waals surface area contributed by atoms with Gasteiger partial charge in [-0.3, -0.25) is 4.90 Å². The first-order chi connectivity index (χ1) is 13.8. The van der Waals surface area contributed by atoms with Crippen molar-refractivity contribution in [1.82, 2.24) is 9.88 Å². The van der Waals surface area contributed by atoms with Crippen LogP contribution in [0.2, 0.25) is 5.02 Å². The molecule has 0 amide bonds. The Kier molecular flexibility index (Phi) is 5.63. The number of ether oxygens (including phenoxy) is 1. The zero-order chi connectivity index (χ0) is 19.3. The second-order valence-electron chi connectivity index (χ2n) is 6.35. The lowest BCUT2D eigenvalue weighted by Gasteiger charge is -2.35. The molecule has 1 N–H and O–H groups in total. The van der Waals surface area contributed by atoms with Crippen molar-refractivity contribution in [3.63, 3.8) is 0 Å². The molecule has 144 valence electrons. The predicted molar refractivity (Wildman–Crippen MR) is 104 cm³/mol. The number of nitrogens with one attached hydrogen (secondary N) is 1. The molecule has 1 atom stereocenters. The molecule has 0 aliphatic carbocycles.